The number of thiophene rings is 1. The summed E-state index contributed by atoms with van der Waals surface area (Å²) in [7, 11) is 0. The van der Waals surface area contributed by atoms with Crippen LogP contribution in [0.5, 0.6) is 0 Å². The molecule has 0 radical (unpaired) electrons. The molecular weight excluding hydrogens is 316 g/mol. The molecule has 1 saturated heterocycles. The second kappa shape index (κ2) is 6.60. The maximum atomic E-state index is 13.0. The van der Waals surface area contributed by atoms with Crippen molar-refractivity contribution >= 4 is 22.9 Å². The third kappa shape index (κ3) is 2.95. The number of amides is 1. The van der Waals surface area contributed by atoms with E-state index in [1.54, 1.807) is 11.3 Å². The van der Waals surface area contributed by atoms with Crippen LogP contribution in [0.15, 0.2) is 35.7 Å². The minimum absolute atomic E-state index is 0.245. The Hall–Kier alpha value is -1.81. The zero-order valence-electron chi connectivity index (χ0n) is 14.2. The fourth-order valence-electron chi connectivity index (χ4n) is 3.83. The maximum absolute atomic E-state index is 13.0. The molecule has 0 spiro atoms. The Morgan fingerprint density at radius 3 is 2.62 bits per heavy atom. The highest BCUT2D eigenvalue weighted by molar-refractivity contribution is 7.10. The van der Waals surface area contributed by atoms with Gasteiger partial charge in [0, 0.05) is 42.1 Å². The van der Waals surface area contributed by atoms with Crippen molar-refractivity contribution in [3.63, 3.8) is 0 Å². The van der Waals surface area contributed by atoms with Crippen LogP contribution in [0.1, 0.15) is 34.1 Å². The standard InChI is InChI=1S/C20H24N2OS/c1-15-7-8-17-18(14-24-19(17)13-15)20(23)22-11-9-21(10-12-22)16-5-3-2-4-6-16/h2-6,14-15H,7-13H2,1H3/t15-/m0/s1. The topological polar surface area (TPSA) is 23.6 Å². The number of anilines is 1. The van der Waals surface area contributed by atoms with E-state index >= 15 is 0 Å². The summed E-state index contributed by atoms with van der Waals surface area (Å²) < 4.78 is 0. The van der Waals surface area contributed by atoms with Gasteiger partial charge in [-0.2, -0.15) is 0 Å². The molecule has 24 heavy (non-hydrogen) atoms. The van der Waals surface area contributed by atoms with Crippen LogP contribution in [0.25, 0.3) is 0 Å². The monoisotopic (exact) mass is 340 g/mol. The highest BCUT2D eigenvalue weighted by atomic mass is 32.1. The van der Waals surface area contributed by atoms with Gasteiger partial charge in [-0.1, -0.05) is 25.1 Å². The van der Waals surface area contributed by atoms with Crippen LogP contribution < -0.4 is 4.90 Å². The molecule has 3 nitrogen and oxygen atoms in total. The zero-order valence-corrected chi connectivity index (χ0v) is 15.0. The first-order valence-corrected chi connectivity index (χ1v) is 9.79. The van der Waals surface area contributed by atoms with Gasteiger partial charge in [-0.25, -0.2) is 0 Å². The molecule has 1 aromatic heterocycles. The molecule has 1 atom stereocenters. The summed E-state index contributed by atoms with van der Waals surface area (Å²) in [6.45, 7) is 5.77. The van der Waals surface area contributed by atoms with Gasteiger partial charge in [0.05, 0.1) is 5.56 Å². The number of carbonyl (C=O) groups excluding carboxylic acids is 1. The third-order valence-corrected chi connectivity index (χ3v) is 6.37. The molecule has 0 bridgehead atoms. The summed E-state index contributed by atoms with van der Waals surface area (Å²) in [5.41, 5.74) is 3.58. The van der Waals surface area contributed by atoms with E-state index in [0.29, 0.717) is 0 Å². The molecule has 4 rings (SSSR count). The lowest BCUT2D eigenvalue weighted by atomic mass is 9.88. The van der Waals surface area contributed by atoms with Gasteiger partial charge in [-0.3, -0.25) is 4.79 Å². The second-order valence-corrected chi connectivity index (χ2v) is 7.98. The number of benzene rings is 1. The fraction of sp³-hybridized carbons (Fsp3) is 0.450. The molecule has 1 aromatic carbocycles. The van der Waals surface area contributed by atoms with E-state index in [4.69, 9.17) is 0 Å². The lowest BCUT2D eigenvalue weighted by Gasteiger charge is -2.36. The molecule has 1 fully saturated rings. The quantitative estimate of drug-likeness (QED) is 0.829. The molecule has 1 aliphatic heterocycles. The highest BCUT2D eigenvalue weighted by Gasteiger charge is 2.28. The number of carbonyl (C=O) groups is 1. The van der Waals surface area contributed by atoms with Gasteiger partial charge in [0.2, 0.25) is 0 Å². The van der Waals surface area contributed by atoms with Gasteiger partial charge >= 0.3 is 0 Å². The Balaban J connectivity index is 1.44. The van der Waals surface area contributed by atoms with Crippen molar-refractivity contribution in [1.82, 2.24) is 4.90 Å². The van der Waals surface area contributed by atoms with Crippen LogP contribution >= 0.6 is 11.3 Å². The number of hydrogen-bond acceptors (Lipinski definition) is 3. The number of piperazine rings is 1. The van der Waals surface area contributed by atoms with Crippen molar-refractivity contribution in [1.29, 1.82) is 0 Å². The lowest BCUT2D eigenvalue weighted by Crippen LogP contribution is -2.48. The molecule has 0 unspecified atom stereocenters. The van der Waals surface area contributed by atoms with Crippen molar-refractivity contribution in [3.8, 4) is 0 Å². The van der Waals surface area contributed by atoms with Crippen molar-refractivity contribution in [2.45, 2.75) is 26.2 Å². The van der Waals surface area contributed by atoms with E-state index < -0.39 is 0 Å². The summed E-state index contributed by atoms with van der Waals surface area (Å²) in [4.78, 5) is 18.8. The van der Waals surface area contributed by atoms with E-state index in [2.05, 4.69) is 41.5 Å². The Morgan fingerprint density at radius 1 is 1.12 bits per heavy atom. The van der Waals surface area contributed by atoms with Crippen LogP contribution in [0, 0.1) is 5.92 Å². The summed E-state index contributed by atoms with van der Waals surface area (Å²) in [6, 6.07) is 10.5. The smallest absolute Gasteiger partial charge is 0.255 e. The van der Waals surface area contributed by atoms with Crippen LogP contribution in [-0.2, 0) is 12.8 Å². The highest BCUT2D eigenvalue weighted by Crippen LogP contribution is 2.33. The molecule has 0 N–H and O–H groups in total. The second-order valence-electron chi connectivity index (χ2n) is 7.01. The lowest BCUT2D eigenvalue weighted by molar-refractivity contribution is 0.0746. The fourth-order valence-corrected chi connectivity index (χ4v) is 5.07. The van der Waals surface area contributed by atoms with Crippen molar-refractivity contribution in [3.05, 3.63) is 51.7 Å². The molecule has 4 heteroatoms. The molecule has 1 amide bonds. The van der Waals surface area contributed by atoms with Crippen LogP contribution in [-0.4, -0.2) is 37.0 Å². The minimum atomic E-state index is 0.245. The third-order valence-electron chi connectivity index (χ3n) is 5.32. The van der Waals surface area contributed by atoms with Crippen molar-refractivity contribution in [2.24, 2.45) is 5.92 Å². The van der Waals surface area contributed by atoms with E-state index in [0.717, 1.165) is 50.5 Å². The largest absolute Gasteiger partial charge is 0.368 e. The summed E-state index contributed by atoms with van der Waals surface area (Å²) in [5.74, 6) is 1.00. The van der Waals surface area contributed by atoms with E-state index in [9.17, 15) is 4.79 Å². The average molecular weight is 340 g/mol. The van der Waals surface area contributed by atoms with Gasteiger partial charge in [0.1, 0.15) is 0 Å². The van der Waals surface area contributed by atoms with Crippen LogP contribution in [0.2, 0.25) is 0 Å². The number of rotatable bonds is 2. The normalized spacial score (nSPS) is 20.8. The minimum Gasteiger partial charge on any atom is -0.368 e. The predicted molar refractivity (Wildman–Crippen MR) is 100 cm³/mol. The van der Waals surface area contributed by atoms with Gasteiger partial charge in [-0.15, -0.1) is 11.3 Å². The van der Waals surface area contributed by atoms with E-state index in [1.807, 2.05) is 11.0 Å². The number of hydrogen-bond donors (Lipinski definition) is 0. The van der Waals surface area contributed by atoms with Crippen LogP contribution in [0.4, 0.5) is 5.69 Å². The van der Waals surface area contributed by atoms with Gasteiger partial charge in [0.25, 0.3) is 5.91 Å². The summed E-state index contributed by atoms with van der Waals surface area (Å²) >= 11 is 1.79. The number of fused-ring (bicyclic) bond motifs is 1. The van der Waals surface area contributed by atoms with E-state index in [-0.39, 0.29) is 5.91 Å². The van der Waals surface area contributed by atoms with E-state index in [1.165, 1.54) is 22.5 Å². The molecule has 126 valence electrons. The molecule has 2 aliphatic rings. The summed E-state index contributed by atoms with van der Waals surface area (Å²) in [5, 5.41) is 2.11. The first-order valence-electron chi connectivity index (χ1n) is 8.91. The van der Waals surface area contributed by atoms with Gasteiger partial charge in [-0.05, 0) is 42.9 Å². The Kier molecular flexibility index (Phi) is 4.31. The molecular formula is C20H24N2OS. The van der Waals surface area contributed by atoms with Crippen molar-refractivity contribution in [2.75, 3.05) is 31.1 Å². The summed E-state index contributed by atoms with van der Waals surface area (Å²) in [6.07, 6.45) is 3.44. The van der Waals surface area contributed by atoms with Gasteiger partial charge < -0.3 is 9.80 Å². The SMILES string of the molecule is C[C@H]1CCc2c(C(=O)N3CCN(c4ccccc4)CC3)csc2C1. The maximum Gasteiger partial charge on any atom is 0.255 e. The molecule has 2 aromatic rings. The first kappa shape index (κ1) is 15.7. The van der Waals surface area contributed by atoms with Crippen LogP contribution in [0.3, 0.4) is 0 Å². The number of nitrogens with zero attached hydrogens (tertiary/aromatic N) is 2. The molecule has 1 aliphatic carbocycles. The predicted octanol–water partition coefficient (Wildman–Crippen LogP) is 3.84. The van der Waals surface area contributed by atoms with Crippen molar-refractivity contribution < 1.29 is 4.79 Å². The molecule has 0 saturated carbocycles. The first-order chi connectivity index (χ1) is 11.7. The van der Waals surface area contributed by atoms with Gasteiger partial charge in [0.15, 0.2) is 0 Å². The average Bonchev–Trinajstić information content (AvgIpc) is 3.05. The Labute approximate surface area is 147 Å². The molecule has 2 heterocycles. The zero-order chi connectivity index (χ0) is 16.5. The number of para-hydroxylation sites is 1. The Morgan fingerprint density at radius 2 is 1.88 bits per heavy atom. The Bertz CT molecular complexity index is 716.